The third-order valence-electron chi connectivity index (χ3n) is 3.84. The summed E-state index contributed by atoms with van der Waals surface area (Å²) in [4.78, 5) is 2.83. The Kier molecular flexibility index (Phi) is 6.31. The molecule has 1 heteroatoms. The van der Waals surface area contributed by atoms with Crippen LogP contribution in [0.4, 0.5) is 0 Å². The summed E-state index contributed by atoms with van der Waals surface area (Å²) in [6, 6.07) is 1.78. The van der Waals surface area contributed by atoms with E-state index >= 15 is 0 Å². The van der Waals surface area contributed by atoms with Crippen LogP contribution in [0.25, 0.3) is 0 Å². The Bertz CT molecular complexity index is 149. The molecule has 1 nitrogen and oxygen atoms in total. The topological polar surface area (TPSA) is 3.24 Å². The summed E-state index contributed by atoms with van der Waals surface area (Å²) in [6.07, 6.45) is 11.2. The van der Waals surface area contributed by atoms with Crippen molar-refractivity contribution in [1.82, 2.24) is 4.90 Å². The molecule has 0 saturated heterocycles. The second-order valence-electron chi connectivity index (χ2n) is 5.03. The number of hydrogen-bond acceptors (Lipinski definition) is 1. The monoisotopic (exact) mass is 211 g/mol. The molecule has 90 valence electrons. The van der Waals surface area contributed by atoms with Crippen molar-refractivity contribution in [3.8, 4) is 0 Å². The van der Waals surface area contributed by atoms with Crippen molar-refractivity contribution in [2.75, 3.05) is 6.54 Å². The second kappa shape index (κ2) is 7.27. The largest absolute Gasteiger partial charge is 0.297 e. The predicted octanol–water partition coefficient (Wildman–Crippen LogP) is 4.22. The number of nitrogens with zero attached hydrogens (tertiary/aromatic N) is 1. The molecule has 1 unspecified atom stereocenters. The van der Waals surface area contributed by atoms with Crippen LogP contribution in [0.1, 0.15) is 72.1 Å². The van der Waals surface area contributed by atoms with Crippen LogP contribution in [0.3, 0.4) is 0 Å². The van der Waals surface area contributed by atoms with Gasteiger partial charge in [0.15, 0.2) is 0 Å². The van der Waals surface area contributed by atoms with Gasteiger partial charge in [-0.2, -0.15) is 0 Å². The molecule has 1 aliphatic rings. The van der Waals surface area contributed by atoms with E-state index in [1.54, 1.807) is 0 Å². The summed E-state index contributed by atoms with van der Waals surface area (Å²) >= 11 is 0. The first-order chi connectivity index (χ1) is 7.33. The molecule has 0 N–H and O–H groups in total. The van der Waals surface area contributed by atoms with Crippen molar-refractivity contribution in [3.05, 3.63) is 0 Å². The van der Waals surface area contributed by atoms with E-state index < -0.39 is 0 Å². The summed E-state index contributed by atoms with van der Waals surface area (Å²) in [7, 11) is 0. The molecule has 0 bridgehead atoms. The third kappa shape index (κ3) is 3.79. The maximum absolute atomic E-state index is 2.83. The van der Waals surface area contributed by atoms with Gasteiger partial charge < -0.3 is 0 Å². The van der Waals surface area contributed by atoms with Gasteiger partial charge in [0.25, 0.3) is 0 Å². The van der Waals surface area contributed by atoms with Gasteiger partial charge in [0.05, 0.1) is 0 Å². The average Bonchev–Trinajstić information content (AvgIpc) is 2.76. The SMILES string of the molecule is CCCC(CC)N(CCC)C1CCCC1. The normalized spacial score (nSPS) is 20.0. The van der Waals surface area contributed by atoms with Gasteiger partial charge in [0, 0.05) is 12.1 Å². The van der Waals surface area contributed by atoms with E-state index in [9.17, 15) is 0 Å². The highest BCUT2D eigenvalue weighted by atomic mass is 15.2. The molecule has 0 aromatic carbocycles. The van der Waals surface area contributed by atoms with Crippen LogP contribution in [0.15, 0.2) is 0 Å². The summed E-state index contributed by atoms with van der Waals surface area (Å²) in [6.45, 7) is 8.32. The van der Waals surface area contributed by atoms with Gasteiger partial charge in [-0.25, -0.2) is 0 Å². The van der Waals surface area contributed by atoms with Gasteiger partial charge >= 0.3 is 0 Å². The van der Waals surface area contributed by atoms with Gasteiger partial charge in [0.1, 0.15) is 0 Å². The molecule has 0 aliphatic heterocycles. The fourth-order valence-corrected chi connectivity index (χ4v) is 3.10. The van der Waals surface area contributed by atoms with Gasteiger partial charge in [-0.05, 0) is 38.6 Å². The molecule has 0 heterocycles. The molecule has 1 rings (SSSR count). The predicted molar refractivity (Wildman–Crippen MR) is 68.2 cm³/mol. The van der Waals surface area contributed by atoms with Crippen LogP contribution in [-0.2, 0) is 0 Å². The lowest BCUT2D eigenvalue weighted by Crippen LogP contribution is -2.42. The van der Waals surface area contributed by atoms with Crippen molar-refractivity contribution in [3.63, 3.8) is 0 Å². The van der Waals surface area contributed by atoms with Crippen molar-refractivity contribution in [2.24, 2.45) is 0 Å². The first-order valence-corrected chi connectivity index (χ1v) is 7.09. The van der Waals surface area contributed by atoms with E-state index in [-0.39, 0.29) is 0 Å². The standard InChI is InChI=1S/C14H29N/c1-4-9-13(6-3)15(12-5-2)14-10-7-8-11-14/h13-14H,4-12H2,1-3H3. The van der Waals surface area contributed by atoms with Gasteiger partial charge in [-0.15, -0.1) is 0 Å². The fourth-order valence-electron chi connectivity index (χ4n) is 3.10. The van der Waals surface area contributed by atoms with E-state index in [2.05, 4.69) is 25.7 Å². The lowest BCUT2D eigenvalue weighted by molar-refractivity contribution is 0.123. The first kappa shape index (κ1) is 13.0. The number of rotatable bonds is 7. The molecule has 1 aliphatic carbocycles. The maximum Gasteiger partial charge on any atom is 0.00981 e. The molecule has 1 fully saturated rings. The summed E-state index contributed by atoms with van der Waals surface area (Å²) < 4.78 is 0. The summed E-state index contributed by atoms with van der Waals surface area (Å²) in [5.74, 6) is 0. The van der Waals surface area contributed by atoms with E-state index in [1.165, 1.54) is 57.9 Å². The zero-order chi connectivity index (χ0) is 11.1. The van der Waals surface area contributed by atoms with Crippen LogP contribution in [-0.4, -0.2) is 23.5 Å². The summed E-state index contributed by atoms with van der Waals surface area (Å²) in [5.41, 5.74) is 0. The maximum atomic E-state index is 2.83. The van der Waals surface area contributed by atoms with Gasteiger partial charge in [-0.1, -0.05) is 40.0 Å². The quantitative estimate of drug-likeness (QED) is 0.609. The zero-order valence-electron chi connectivity index (χ0n) is 11.0. The summed E-state index contributed by atoms with van der Waals surface area (Å²) in [5, 5.41) is 0. The molecule has 1 atom stereocenters. The van der Waals surface area contributed by atoms with Crippen LogP contribution >= 0.6 is 0 Å². The van der Waals surface area contributed by atoms with Crippen molar-refractivity contribution in [2.45, 2.75) is 84.2 Å². The zero-order valence-corrected chi connectivity index (χ0v) is 11.0. The van der Waals surface area contributed by atoms with E-state index in [0.29, 0.717) is 0 Å². The van der Waals surface area contributed by atoms with Crippen LogP contribution in [0, 0.1) is 0 Å². The van der Waals surface area contributed by atoms with E-state index in [0.717, 1.165) is 12.1 Å². The average molecular weight is 211 g/mol. The molecule has 0 aromatic rings. The van der Waals surface area contributed by atoms with Crippen molar-refractivity contribution < 1.29 is 0 Å². The Hall–Kier alpha value is -0.0400. The first-order valence-electron chi connectivity index (χ1n) is 7.09. The highest BCUT2D eigenvalue weighted by molar-refractivity contribution is 4.82. The molecule has 15 heavy (non-hydrogen) atoms. The highest BCUT2D eigenvalue weighted by Crippen LogP contribution is 2.27. The molecule has 0 aromatic heterocycles. The molecule has 0 spiro atoms. The third-order valence-corrected chi connectivity index (χ3v) is 3.84. The minimum absolute atomic E-state index is 0.859. The van der Waals surface area contributed by atoms with Crippen LogP contribution in [0.5, 0.6) is 0 Å². The Morgan fingerprint density at radius 1 is 1.07 bits per heavy atom. The molecular weight excluding hydrogens is 182 g/mol. The van der Waals surface area contributed by atoms with E-state index in [1.807, 2.05) is 0 Å². The highest BCUT2D eigenvalue weighted by Gasteiger charge is 2.26. The van der Waals surface area contributed by atoms with Crippen LogP contribution < -0.4 is 0 Å². The Morgan fingerprint density at radius 3 is 2.20 bits per heavy atom. The molecule has 1 saturated carbocycles. The van der Waals surface area contributed by atoms with E-state index in [4.69, 9.17) is 0 Å². The Morgan fingerprint density at radius 2 is 1.73 bits per heavy atom. The smallest absolute Gasteiger partial charge is 0.00981 e. The number of hydrogen-bond donors (Lipinski definition) is 0. The molecular formula is C14H29N. The fraction of sp³-hybridized carbons (Fsp3) is 1.00. The van der Waals surface area contributed by atoms with Crippen LogP contribution in [0.2, 0.25) is 0 Å². The Labute approximate surface area is 96.2 Å². The molecule has 0 radical (unpaired) electrons. The second-order valence-corrected chi connectivity index (χ2v) is 5.03. The lowest BCUT2D eigenvalue weighted by Gasteiger charge is -2.36. The van der Waals surface area contributed by atoms with Gasteiger partial charge in [-0.3, -0.25) is 4.90 Å². The minimum atomic E-state index is 0.859. The Balaban J connectivity index is 2.52. The van der Waals surface area contributed by atoms with Crippen molar-refractivity contribution >= 4 is 0 Å². The van der Waals surface area contributed by atoms with Crippen molar-refractivity contribution in [1.29, 1.82) is 0 Å². The van der Waals surface area contributed by atoms with Gasteiger partial charge in [0.2, 0.25) is 0 Å². The molecule has 0 amide bonds. The minimum Gasteiger partial charge on any atom is -0.297 e. The lowest BCUT2D eigenvalue weighted by atomic mass is 10.0.